The van der Waals surface area contributed by atoms with E-state index in [2.05, 4.69) is 5.32 Å². The molecule has 0 aliphatic heterocycles. The number of sulfonamides is 1. The van der Waals surface area contributed by atoms with Crippen molar-refractivity contribution in [2.45, 2.75) is 44.7 Å². The van der Waals surface area contributed by atoms with E-state index in [1.807, 2.05) is 13.8 Å². The first-order valence-electron chi connectivity index (χ1n) is 13.8. The van der Waals surface area contributed by atoms with Crippen molar-refractivity contribution in [1.82, 2.24) is 10.2 Å². The van der Waals surface area contributed by atoms with E-state index in [1.54, 1.807) is 25.1 Å². The summed E-state index contributed by atoms with van der Waals surface area (Å²) in [6.45, 7) is 5.41. The first kappa shape index (κ1) is 35.3. The number of methoxy groups -OCH3 is 2. The molecular formula is C31H36Cl3N3O6S. The summed E-state index contributed by atoms with van der Waals surface area (Å²) in [6, 6.07) is 14.1. The molecule has 44 heavy (non-hydrogen) atoms. The first-order valence-corrected chi connectivity index (χ1v) is 16.4. The Bertz CT molecular complexity index is 1570. The van der Waals surface area contributed by atoms with Crippen molar-refractivity contribution in [3.8, 4) is 11.5 Å². The maximum Gasteiger partial charge on any atom is 0.264 e. The van der Waals surface area contributed by atoms with Crippen LogP contribution in [0.2, 0.25) is 15.1 Å². The highest BCUT2D eigenvalue weighted by Crippen LogP contribution is 2.33. The normalized spacial score (nSPS) is 12.0. The van der Waals surface area contributed by atoms with Crippen molar-refractivity contribution in [3.05, 3.63) is 81.3 Å². The maximum absolute atomic E-state index is 14.2. The number of nitrogens with zero attached hydrogens (tertiary/aromatic N) is 2. The molecule has 1 atom stereocenters. The Morgan fingerprint density at radius 2 is 1.52 bits per heavy atom. The van der Waals surface area contributed by atoms with Crippen molar-refractivity contribution in [1.29, 1.82) is 0 Å². The topological polar surface area (TPSA) is 105 Å². The van der Waals surface area contributed by atoms with Crippen molar-refractivity contribution < 1.29 is 27.5 Å². The van der Waals surface area contributed by atoms with Gasteiger partial charge in [0.1, 0.15) is 12.6 Å². The minimum atomic E-state index is -4.35. The van der Waals surface area contributed by atoms with Gasteiger partial charge in [-0.1, -0.05) is 61.6 Å². The van der Waals surface area contributed by atoms with Crippen LogP contribution >= 0.6 is 34.8 Å². The largest absolute Gasteiger partial charge is 0.493 e. The number of carbonyl (C=O) groups excluding carboxylic acids is 2. The lowest BCUT2D eigenvalue weighted by Crippen LogP contribution is -2.52. The zero-order chi connectivity index (χ0) is 32.6. The molecule has 2 amide bonds. The fourth-order valence-corrected chi connectivity index (χ4v) is 6.44. The minimum absolute atomic E-state index is 0.0622. The summed E-state index contributed by atoms with van der Waals surface area (Å²) in [4.78, 5) is 28.8. The molecule has 0 fully saturated rings. The molecule has 0 saturated heterocycles. The monoisotopic (exact) mass is 683 g/mol. The highest BCUT2D eigenvalue weighted by Gasteiger charge is 2.34. The summed E-state index contributed by atoms with van der Waals surface area (Å²) >= 11 is 18.7. The summed E-state index contributed by atoms with van der Waals surface area (Å²) in [5.74, 6) is -0.270. The Hall–Kier alpha value is -3.18. The fourth-order valence-electron chi connectivity index (χ4n) is 4.42. The molecule has 0 spiro atoms. The second-order valence-corrected chi connectivity index (χ2v) is 13.5. The third kappa shape index (κ3) is 8.72. The van der Waals surface area contributed by atoms with Crippen LogP contribution in [0.15, 0.2) is 65.6 Å². The number of halogens is 3. The number of carbonyl (C=O) groups is 2. The van der Waals surface area contributed by atoms with E-state index < -0.39 is 28.5 Å². The van der Waals surface area contributed by atoms with Gasteiger partial charge in [-0.15, -0.1) is 0 Å². The van der Waals surface area contributed by atoms with E-state index in [1.165, 1.54) is 61.6 Å². The second kappa shape index (κ2) is 15.7. The predicted molar refractivity (Wildman–Crippen MR) is 174 cm³/mol. The molecule has 3 aromatic rings. The Labute approximate surface area is 274 Å². The van der Waals surface area contributed by atoms with Gasteiger partial charge >= 0.3 is 0 Å². The molecule has 238 valence electrons. The number of nitrogens with one attached hydrogen (secondary N) is 1. The molecule has 0 saturated carbocycles. The molecule has 3 aromatic carbocycles. The molecule has 9 nitrogen and oxygen atoms in total. The molecule has 3 rings (SSSR count). The van der Waals surface area contributed by atoms with Crippen molar-refractivity contribution in [2.75, 3.05) is 31.6 Å². The lowest BCUT2D eigenvalue weighted by molar-refractivity contribution is -0.140. The van der Waals surface area contributed by atoms with Crippen LogP contribution in [0, 0.1) is 5.92 Å². The minimum Gasteiger partial charge on any atom is -0.493 e. The Morgan fingerprint density at radius 3 is 2.09 bits per heavy atom. The van der Waals surface area contributed by atoms with Crippen molar-refractivity contribution >= 4 is 62.3 Å². The van der Waals surface area contributed by atoms with Crippen LogP contribution in [-0.4, -0.2) is 58.5 Å². The molecule has 13 heteroatoms. The Kier molecular flexibility index (Phi) is 12.6. The summed E-state index contributed by atoms with van der Waals surface area (Å²) in [5.41, 5.74) is 0.736. The molecule has 0 unspecified atom stereocenters. The number of ether oxygens (including phenoxy) is 2. The molecule has 1 N–H and O–H groups in total. The predicted octanol–water partition coefficient (Wildman–Crippen LogP) is 6.44. The lowest BCUT2D eigenvalue weighted by atomic mass is 10.1. The van der Waals surface area contributed by atoms with Gasteiger partial charge in [-0.25, -0.2) is 8.42 Å². The average molecular weight is 685 g/mol. The van der Waals surface area contributed by atoms with E-state index in [-0.39, 0.29) is 41.1 Å². The summed E-state index contributed by atoms with van der Waals surface area (Å²) < 4.78 is 39.9. The molecule has 0 heterocycles. The number of hydrogen-bond acceptors (Lipinski definition) is 6. The Balaban J connectivity index is 2.10. The van der Waals surface area contributed by atoms with Gasteiger partial charge in [0.15, 0.2) is 11.5 Å². The zero-order valence-electron chi connectivity index (χ0n) is 25.1. The lowest BCUT2D eigenvalue weighted by Gasteiger charge is -2.33. The summed E-state index contributed by atoms with van der Waals surface area (Å²) in [7, 11) is -1.52. The average Bonchev–Trinajstić information content (AvgIpc) is 2.99. The third-order valence-electron chi connectivity index (χ3n) is 6.76. The molecular weight excluding hydrogens is 649 g/mol. The van der Waals surface area contributed by atoms with Crippen LogP contribution in [0.5, 0.6) is 11.5 Å². The van der Waals surface area contributed by atoms with Crippen LogP contribution in [-0.2, 0) is 26.2 Å². The van der Waals surface area contributed by atoms with Gasteiger partial charge < -0.3 is 19.7 Å². The zero-order valence-corrected chi connectivity index (χ0v) is 28.2. The molecule has 0 aromatic heterocycles. The number of hydrogen-bond donors (Lipinski definition) is 1. The molecule has 0 aliphatic rings. The van der Waals surface area contributed by atoms with E-state index in [0.717, 1.165) is 4.31 Å². The maximum atomic E-state index is 14.2. The molecule has 0 bridgehead atoms. The SMILES string of the molecule is CC[C@H](C(=O)NCC(C)C)N(Cc1ccc(Cl)cc1Cl)C(=O)CN(c1ccc(Cl)cc1)S(=O)(=O)c1ccc(OC)c(OC)c1. The van der Waals surface area contributed by atoms with E-state index in [9.17, 15) is 18.0 Å². The van der Waals surface area contributed by atoms with E-state index in [0.29, 0.717) is 32.9 Å². The quantitative estimate of drug-likeness (QED) is 0.210. The molecule has 0 aliphatic carbocycles. The number of rotatable bonds is 14. The Morgan fingerprint density at radius 1 is 0.886 bits per heavy atom. The van der Waals surface area contributed by atoms with Gasteiger partial charge in [-0.2, -0.15) is 0 Å². The second-order valence-electron chi connectivity index (χ2n) is 10.3. The van der Waals surface area contributed by atoms with Crippen LogP contribution < -0.4 is 19.1 Å². The third-order valence-corrected chi connectivity index (χ3v) is 9.37. The van der Waals surface area contributed by atoms with Crippen molar-refractivity contribution in [2.24, 2.45) is 5.92 Å². The van der Waals surface area contributed by atoms with Gasteiger partial charge in [0, 0.05) is 34.2 Å². The molecule has 0 radical (unpaired) electrons. The van der Waals surface area contributed by atoms with Gasteiger partial charge in [0.25, 0.3) is 10.0 Å². The van der Waals surface area contributed by atoms with Gasteiger partial charge in [-0.3, -0.25) is 13.9 Å². The van der Waals surface area contributed by atoms with Crippen LogP contribution in [0.25, 0.3) is 0 Å². The van der Waals surface area contributed by atoms with Gasteiger partial charge in [0.05, 0.1) is 24.8 Å². The number of amides is 2. The van der Waals surface area contributed by atoms with Crippen molar-refractivity contribution in [3.63, 3.8) is 0 Å². The highest BCUT2D eigenvalue weighted by molar-refractivity contribution is 7.92. The standard InChI is InChI=1S/C31H36Cl3N3O6S/c1-6-27(31(39)35-17-20(2)3)36(18-21-7-8-23(33)15-26(21)34)30(38)19-37(24-11-9-22(32)10-12-24)44(40,41)25-13-14-28(42-4)29(16-25)43-5/h7-16,20,27H,6,17-19H2,1-5H3,(H,35,39)/t27-/m1/s1. The summed E-state index contributed by atoms with van der Waals surface area (Å²) in [5, 5.41) is 3.99. The first-order chi connectivity index (χ1) is 20.8. The van der Waals surface area contributed by atoms with E-state index in [4.69, 9.17) is 44.3 Å². The smallest absolute Gasteiger partial charge is 0.264 e. The van der Waals surface area contributed by atoms with Gasteiger partial charge in [-0.05, 0) is 66.4 Å². The van der Waals surface area contributed by atoms with Crippen LogP contribution in [0.3, 0.4) is 0 Å². The number of benzene rings is 3. The van der Waals surface area contributed by atoms with Crippen LogP contribution in [0.4, 0.5) is 5.69 Å². The fraction of sp³-hybridized carbons (Fsp3) is 0.355. The van der Waals surface area contributed by atoms with E-state index >= 15 is 0 Å². The number of anilines is 1. The van der Waals surface area contributed by atoms with Gasteiger partial charge in [0.2, 0.25) is 11.8 Å². The van der Waals surface area contributed by atoms with Crippen LogP contribution in [0.1, 0.15) is 32.8 Å². The highest BCUT2D eigenvalue weighted by atomic mass is 35.5. The summed E-state index contributed by atoms with van der Waals surface area (Å²) in [6.07, 6.45) is 0.268.